The zero-order valence-electron chi connectivity index (χ0n) is 7.52. The van der Waals surface area contributed by atoms with Crippen molar-refractivity contribution in [1.82, 2.24) is 4.98 Å². The van der Waals surface area contributed by atoms with Gasteiger partial charge in [0.25, 0.3) is 0 Å². The third kappa shape index (κ3) is 2.26. The van der Waals surface area contributed by atoms with Crippen LogP contribution in [0.2, 0.25) is 0 Å². The fraction of sp³-hybridized carbons (Fsp3) is 0.500. The summed E-state index contributed by atoms with van der Waals surface area (Å²) in [4.78, 5) is 14.7. The maximum Gasteiger partial charge on any atom is 0.327 e. The van der Waals surface area contributed by atoms with Crippen LogP contribution in [0, 0.1) is 0 Å². The maximum atomic E-state index is 10.5. The van der Waals surface area contributed by atoms with Gasteiger partial charge < -0.3 is 10.8 Å². The summed E-state index contributed by atoms with van der Waals surface area (Å²) < 4.78 is 0. The second-order valence-electron chi connectivity index (χ2n) is 3.08. The lowest BCUT2D eigenvalue weighted by Crippen LogP contribution is -2.20. The van der Waals surface area contributed by atoms with Crippen LogP contribution < -0.4 is 5.73 Å². The van der Waals surface area contributed by atoms with Crippen LogP contribution in [-0.2, 0) is 4.79 Å². The number of nitrogens with zero attached hydrogens (tertiary/aromatic N) is 1. The van der Waals surface area contributed by atoms with E-state index in [1.807, 2.05) is 19.2 Å². The fourth-order valence-electron chi connectivity index (χ4n) is 0.814. The second kappa shape index (κ2) is 3.85. The van der Waals surface area contributed by atoms with Crippen LogP contribution in [0.25, 0.3) is 0 Å². The van der Waals surface area contributed by atoms with E-state index in [-0.39, 0.29) is 0 Å². The molecule has 0 fully saturated rings. The molecule has 0 aliphatic carbocycles. The van der Waals surface area contributed by atoms with Crippen molar-refractivity contribution < 1.29 is 9.90 Å². The predicted molar refractivity (Wildman–Crippen MR) is 50.8 cm³/mol. The van der Waals surface area contributed by atoms with E-state index in [0.717, 1.165) is 5.69 Å². The Morgan fingerprint density at radius 3 is 2.69 bits per heavy atom. The minimum absolute atomic E-state index is 0.311. The van der Waals surface area contributed by atoms with Gasteiger partial charge in [0.15, 0.2) is 6.04 Å². The van der Waals surface area contributed by atoms with Crippen molar-refractivity contribution in [3.63, 3.8) is 0 Å². The third-order valence-corrected chi connectivity index (χ3v) is 2.61. The monoisotopic (exact) mass is 200 g/mol. The van der Waals surface area contributed by atoms with Gasteiger partial charge in [-0.05, 0) is 5.92 Å². The number of hydrogen-bond donors (Lipinski definition) is 2. The van der Waals surface area contributed by atoms with Crippen LogP contribution in [0.4, 0.5) is 0 Å². The standard InChI is InChI=1S/C8H12N2O2S/c1-4(2)5-3-13-7(10-5)6(9)8(11)12/h3-4,6H,9H2,1-2H3,(H,11,12). The summed E-state index contributed by atoms with van der Waals surface area (Å²) in [6.45, 7) is 4.01. The molecule has 1 rings (SSSR count). The largest absolute Gasteiger partial charge is 0.480 e. The molecule has 0 amide bonds. The Labute approximate surface area is 80.4 Å². The molecule has 4 nitrogen and oxygen atoms in total. The van der Waals surface area contributed by atoms with Gasteiger partial charge in [0, 0.05) is 5.38 Å². The molecule has 0 spiro atoms. The smallest absolute Gasteiger partial charge is 0.327 e. The number of hydrogen-bond acceptors (Lipinski definition) is 4. The molecule has 5 heteroatoms. The number of carboxylic acid groups (broad SMARTS) is 1. The van der Waals surface area contributed by atoms with Gasteiger partial charge in [0.05, 0.1) is 5.69 Å². The summed E-state index contributed by atoms with van der Waals surface area (Å²) in [7, 11) is 0. The molecule has 0 radical (unpaired) electrons. The van der Waals surface area contributed by atoms with E-state index < -0.39 is 12.0 Å². The highest BCUT2D eigenvalue weighted by Gasteiger charge is 2.18. The van der Waals surface area contributed by atoms with Crippen molar-refractivity contribution in [2.45, 2.75) is 25.8 Å². The van der Waals surface area contributed by atoms with Crippen molar-refractivity contribution in [2.75, 3.05) is 0 Å². The molecule has 1 aromatic heterocycles. The van der Waals surface area contributed by atoms with Gasteiger partial charge in [-0.25, -0.2) is 4.98 Å². The van der Waals surface area contributed by atoms with Crippen molar-refractivity contribution in [3.05, 3.63) is 16.1 Å². The van der Waals surface area contributed by atoms with Crippen LogP contribution in [0.3, 0.4) is 0 Å². The van der Waals surface area contributed by atoms with Gasteiger partial charge in [0.2, 0.25) is 0 Å². The van der Waals surface area contributed by atoms with E-state index in [2.05, 4.69) is 4.98 Å². The van der Waals surface area contributed by atoms with Crippen LogP contribution in [-0.4, -0.2) is 16.1 Å². The van der Waals surface area contributed by atoms with Crippen LogP contribution in [0.15, 0.2) is 5.38 Å². The third-order valence-electron chi connectivity index (χ3n) is 1.66. The van der Waals surface area contributed by atoms with Gasteiger partial charge in [-0.3, -0.25) is 4.79 Å². The summed E-state index contributed by atoms with van der Waals surface area (Å²) in [6, 6.07) is -0.988. The second-order valence-corrected chi connectivity index (χ2v) is 3.97. The molecule has 0 saturated carbocycles. The highest BCUT2D eigenvalue weighted by atomic mass is 32.1. The number of thiazole rings is 1. The van der Waals surface area contributed by atoms with Crippen molar-refractivity contribution in [2.24, 2.45) is 5.73 Å². The van der Waals surface area contributed by atoms with Crippen molar-refractivity contribution in [1.29, 1.82) is 0 Å². The Morgan fingerprint density at radius 2 is 2.31 bits per heavy atom. The molecule has 3 N–H and O–H groups in total. The average Bonchev–Trinajstić information content (AvgIpc) is 2.50. The Kier molecular flexibility index (Phi) is 3.00. The predicted octanol–water partition coefficient (Wildman–Crippen LogP) is 1.35. The highest BCUT2D eigenvalue weighted by molar-refractivity contribution is 7.09. The number of nitrogens with two attached hydrogens (primary N) is 1. The zero-order chi connectivity index (χ0) is 10.0. The van der Waals surface area contributed by atoms with E-state index in [1.54, 1.807) is 0 Å². The summed E-state index contributed by atoms with van der Waals surface area (Å²) in [5, 5.41) is 10.9. The Hall–Kier alpha value is -0.940. The molecule has 1 aromatic rings. The van der Waals surface area contributed by atoms with E-state index in [4.69, 9.17) is 10.8 Å². The first-order chi connectivity index (χ1) is 6.02. The number of rotatable bonds is 3. The lowest BCUT2D eigenvalue weighted by Gasteiger charge is -2.01. The van der Waals surface area contributed by atoms with E-state index >= 15 is 0 Å². The Bertz CT molecular complexity index is 309. The van der Waals surface area contributed by atoms with E-state index in [1.165, 1.54) is 11.3 Å². The summed E-state index contributed by atoms with van der Waals surface area (Å²) >= 11 is 1.30. The van der Waals surface area contributed by atoms with Gasteiger partial charge in [-0.15, -0.1) is 11.3 Å². The minimum Gasteiger partial charge on any atom is -0.480 e. The number of aromatic nitrogens is 1. The highest BCUT2D eigenvalue weighted by Crippen LogP contribution is 2.21. The first kappa shape index (κ1) is 10.1. The first-order valence-electron chi connectivity index (χ1n) is 3.96. The SMILES string of the molecule is CC(C)c1csc(C(N)C(=O)O)n1. The lowest BCUT2D eigenvalue weighted by molar-refractivity contribution is -0.138. The molecule has 0 aliphatic rings. The molecule has 0 bridgehead atoms. The van der Waals surface area contributed by atoms with Gasteiger partial charge in [-0.2, -0.15) is 0 Å². The summed E-state index contributed by atoms with van der Waals surface area (Å²) in [5.74, 6) is -0.726. The van der Waals surface area contributed by atoms with Crippen molar-refractivity contribution >= 4 is 17.3 Å². The average molecular weight is 200 g/mol. The molecule has 0 aliphatic heterocycles. The quantitative estimate of drug-likeness (QED) is 0.772. The Balaban J connectivity index is 2.85. The molecule has 1 unspecified atom stereocenters. The maximum absolute atomic E-state index is 10.5. The van der Waals surface area contributed by atoms with Crippen LogP contribution >= 0.6 is 11.3 Å². The van der Waals surface area contributed by atoms with Crippen LogP contribution in [0.5, 0.6) is 0 Å². The molecule has 13 heavy (non-hydrogen) atoms. The normalized spacial score (nSPS) is 13.2. The molecule has 72 valence electrons. The lowest BCUT2D eigenvalue weighted by atomic mass is 10.2. The molecular formula is C8H12N2O2S. The molecule has 0 aromatic carbocycles. The zero-order valence-corrected chi connectivity index (χ0v) is 8.34. The fourth-order valence-corrected chi connectivity index (χ4v) is 1.79. The van der Waals surface area contributed by atoms with Crippen molar-refractivity contribution in [3.8, 4) is 0 Å². The summed E-state index contributed by atoms with van der Waals surface area (Å²) in [5.41, 5.74) is 6.30. The summed E-state index contributed by atoms with van der Waals surface area (Å²) in [6.07, 6.45) is 0. The Morgan fingerprint density at radius 1 is 1.69 bits per heavy atom. The van der Waals surface area contributed by atoms with E-state index in [0.29, 0.717) is 10.9 Å². The topological polar surface area (TPSA) is 76.2 Å². The molecular weight excluding hydrogens is 188 g/mol. The molecule has 1 atom stereocenters. The minimum atomic E-state index is -1.04. The van der Waals surface area contributed by atoms with Gasteiger partial charge in [0.1, 0.15) is 5.01 Å². The molecule has 0 saturated heterocycles. The van der Waals surface area contributed by atoms with Gasteiger partial charge in [-0.1, -0.05) is 13.8 Å². The number of carbonyl (C=O) groups is 1. The first-order valence-corrected chi connectivity index (χ1v) is 4.84. The number of carboxylic acids is 1. The van der Waals surface area contributed by atoms with Crippen LogP contribution in [0.1, 0.15) is 36.5 Å². The number of aliphatic carboxylic acids is 1. The van der Waals surface area contributed by atoms with Gasteiger partial charge >= 0.3 is 5.97 Å². The molecule has 1 heterocycles. The van der Waals surface area contributed by atoms with E-state index in [9.17, 15) is 4.79 Å².